The molecule has 4 nitrogen and oxygen atoms in total. The molecule has 1 N–H and O–H groups in total. The predicted octanol–water partition coefficient (Wildman–Crippen LogP) is 2.54. The molecule has 0 spiro atoms. The lowest BCUT2D eigenvalue weighted by atomic mass is 10.3. The summed E-state index contributed by atoms with van der Waals surface area (Å²) in [6.45, 7) is 0.617. The molecule has 1 aliphatic carbocycles. The Hall–Kier alpha value is -1.89. The van der Waals surface area contributed by atoms with E-state index in [1.54, 1.807) is 12.1 Å². The van der Waals surface area contributed by atoms with Crippen LogP contribution in [0.5, 0.6) is 0 Å². The summed E-state index contributed by atoms with van der Waals surface area (Å²) >= 11 is 0. The molecule has 20 heavy (non-hydrogen) atoms. The third-order valence-corrected chi connectivity index (χ3v) is 3.06. The largest absolute Gasteiger partial charge is 0.435 e. The smallest absolute Gasteiger partial charge is 0.308 e. The molecule has 0 radical (unpaired) electrons. The zero-order valence-electron chi connectivity index (χ0n) is 10.6. The molecule has 0 aromatic carbocycles. The predicted molar refractivity (Wildman–Crippen MR) is 66.2 cm³/mol. The standard InChI is InChI=1S/C13H13F3N4/c14-13(15,16)11-6-7-20(19-11)12-3-1-2-10(18-12)8-17-9-4-5-9/h1-3,6-7,9,17H,4-5,8H2. The third kappa shape index (κ3) is 2.98. The summed E-state index contributed by atoms with van der Waals surface area (Å²) in [7, 11) is 0. The van der Waals surface area contributed by atoms with Crippen LogP contribution in [0.15, 0.2) is 30.5 Å². The maximum atomic E-state index is 12.5. The molecular formula is C13H13F3N4. The lowest BCUT2D eigenvalue weighted by Crippen LogP contribution is -2.16. The average Bonchev–Trinajstić information content (AvgIpc) is 3.09. The molecule has 2 aromatic heterocycles. The van der Waals surface area contributed by atoms with Gasteiger partial charge in [0.15, 0.2) is 11.5 Å². The molecule has 3 rings (SSSR count). The third-order valence-electron chi connectivity index (χ3n) is 3.06. The fraction of sp³-hybridized carbons (Fsp3) is 0.385. The van der Waals surface area contributed by atoms with Gasteiger partial charge in [0.1, 0.15) is 0 Å². The number of pyridine rings is 1. The van der Waals surface area contributed by atoms with Gasteiger partial charge in [-0.1, -0.05) is 6.07 Å². The number of halogens is 3. The van der Waals surface area contributed by atoms with Gasteiger partial charge in [0, 0.05) is 18.8 Å². The molecule has 0 bridgehead atoms. The zero-order valence-corrected chi connectivity index (χ0v) is 10.6. The van der Waals surface area contributed by atoms with E-state index in [0.29, 0.717) is 18.4 Å². The van der Waals surface area contributed by atoms with Crippen molar-refractivity contribution >= 4 is 0 Å². The summed E-state index contributed by atoms with van der Waals surface area (Å²) in [6, 6.07) is 6.74. The minimum absolute atomic E-state index is 0.385. The van der Waals surface area contributed by atoms with Crippen molar-refractivity contribution in [2.45, 2.75) is 31.6 Å². The highest BCUT2D eigenvalue weighted by atomic mass is 19.4. The number of hydrogen-bond acceptors (Lipinski definition) is 3. The molecule has 2 heterocycles. The van der Waals surface area contributed by atoms with Crippen molar-refractivity contribution in [2.24, 2.45) is 0 Å². The van der Waals surface area contributed by atoms with Gasteiger partial charge in [-0.15, -0.1) is 0 Å². The van der Waals surface area contributed by atoms with Crippen molar-refractivity contribution in [1.29, 1.82) is 0 Å². The van der Waals surface area contributed by atoms with Gasteiger partial charge < -0.3 is 5.32 Å². The lowest BCUT2D eigenvalue weighted by molar-refractivity contribution is -0.141. The maximum Gasteiger partial charge on any atom is 0.435 e. The van der Waals surface area contributed by atoms with Gasteiger partial charge in [-0.3, -0.25) is 0 Å². The Morgan fingerprint density at radius 3 is 2.70 bits per heavy atom. The number of rotatable bonds is 4. The van der Waals surface area contributed by atoms with Crippen LogP contribution in [-0.4, -0.2) is 20.8 Å². The van der Waals surface area contributed by atoms with E-state index in [2.05, 4.69) is 15.4 Å². The first-order valence-electron chi connectivity index (χ1n) is 6.35. The number of nitrogens with zero attached hydrogens (tertiary/aromatic N) is 3. The maximum absolute atomic E-state index is 12.5. The summed E-state index contributed by atoms with van der Waals surface area (Å²) in [5.41, 5.74) is -0.126. The summed E-state index contributed by atoms with van der Waals surface area (Å²) in [5.74, 6) is 0.385. The van der Waals surface area contributed by atoms with Crippen LogP contribution in [0.2, 0.25) is 0 Å². The van der Waals surface area contributed by atoms with Crippen LogP contribution >= 0.6 is 0 Å². The van der Waals surface area contributed by atoms with E-state index in [1.807, 2.05) is 6.07 Å². The molecule has 0 atom stereocenters. The van der Waals surface area contributed by atoms with Gasteiger partial charge in [-0.25, -0.2) is 9.67 Å². The van der Waals surface area contributed by atoms with Gasteiger partial charge in [0.2, 0.25) is 0 Å². The van der Waals surface area contributed by atoms with Crippen LogP contribution in [0, 0.1) is 0 Å². The van der Waals surface area contributed by atoms with Crippen LogP contribution in [0.3, 0.4) is 0 Å². The van der Waals surface area contributed by atoms with Crippen LogP contribution < -0.4 is 5.32 Å². The Morgan fingerprint density at radius 2 is 2.05 bits per heavy atom. The highest BCUT2D eigenvalue weighted by Crippen LogP contribution is 2.27. The van der Waals surface area contributed by atoms with E-state index in [9.17, 15) is 13.2 Å². The number of alkyl halides is 3. The van der Waals surface area contributed by atoms with Crippen LogP contribution in [0.4, 0.5) is 13.2 Å². The fourth-order valence-electron chi connectivity index (χ4n) is 1.83. The van der Waals surface area contributed by atoms with E-state index < -0.39 is 11.9 Å². The van der Waals surface area contributed by atoms with Gasteiger partial charge >= 0.3 is 6.18 Å². The van der Waals surface area contributed by atoms with E-state index in [1.165, 1.54) is 19.0 Å². The SMILES string of the molecule is FC(F)(F)c1ccn(-c2cccc(CNC3CC3)n2)n1. The Morgan fingerprint density at radius 1 is 1.25 bits per heavy atom. The normalized spacial score (nSPS) is 15.6. The molecule has 7 heteroatoms. The number of nitrogens with one attached hydrogen (secondary N) is 1. The second-order valence-electron chi connectivity index (χ2n) is 4.79. The van der Waals surface area contributed by atoms with Crippen LogP contribution in [0.25, 0.3) is 5.82 Å². The van der Waals surface area contributed by atoms with Crippen molar-refractivity contribution in [3.8, 4) is 5.82 Å². The molecular weight excluding hydrogens is 269 g/mol. The monoisotopic (exact) mass is 282 g/mol. The number of hydrogen-bond donors (Lipinski definition) is 1. The molecule has 0 amide bonds. The molecule has 1 saturated carbocycles. The van der Waals surface area contributed by atoms with E-state index >= 15 is 0 Å². The Balaban J connectivity index is 1.78. The highest BCUT2D eigenvalue weighted by molar-refractivity contribution is 5.25. The topological polar surface area (TPSA) is 42.7 Å². The van der Waals surface area contributed by atoms with Gasteiger partial charge in [0.05, 0.1) is 5.69 Å². The molecule has 0 unspecified atom stereocenters. The van der Waals surface area contributed by atoms with Crippen molar-refractivity contribution in [1.82, 2.24) is 20.1 Å². The second-order valence-corrected chi connectivity index (χ2v) is 4.79. The van der Waals surface area contributed by atoms with E-state index in [0.717, 1.165) is 16.4 Å². The minimum Gasteiger partial charge on any atom is -0.308 e. The van der Waals surface area contributed by atoms with E-state index in [4.69, 9.17) is 0 Å². The summed E-state index contributed by atoms with van der Waals surface area (Å²) in [4.78, 5) is 4.31. The van der Waals surface area contributed by atoms with Crippen LogP contribution in [0.1, 0.15) is 24.2 Å². The zero-order chi connectivity index (χ0) is 14.2. The van der Waals surface area contributed by atoms with Gasteiger partial charge in [0.25, 0.3) is 0 Å². The highest BCUT2D eigenvalue weighted by Gasteiger charge is 2.33. The number of aromatic nitrogens is 3. The van der Waals surface area contributed by atoms with E-state index in [-0.39, 0.29) is 0 Å². The summed E-state index contributed by atoms with van der Waals surface area (Å²) in [5, 5.41) is 6.82. The Labute approximate surface area is 113 Å². The van der Waals surface area contributed by atoms with Crippen molar-refractivity contribution < 1.29 is 13.2 Å². The molecule has 0 saturated heterocycles. The Kier molecular flexibility index (Phi) is 3.21. The molecule has 0 aliphatic heterocycles. The molecule has 2 aromatic rings. The minimum atomic E-state index is -4.43. The second kappa shape index (κ2) is 4.90. The lowest BCUT2D eigenvalue weighted by Gasteiger charge is -2.06. The quantitative estimate of drug-likeness (QED) is 0.937. The molecule has 1 fully saturated rings. The van der Waals surface area contributed by atoms with Crippen LogP contribution in [-0.2, 0) is 12.7 Å². The molecule has 1 aliphatic rings. The first-order valence-corrected chi connectivity index (χ1v) is 6.35. The van der Waals surface area contributed by atoms with Gasteiger partial charge in [-0.05, 0) is 31.0 Å². The first kappa shape index (κ1) is 13.1. The van der Waals surface area contributed by atoms with Crippen molar-refractivity contribution in [2.75, 3.05) is 0 Å². The summed E-state index contributed by atoms with van der Waals surface area (Å²) in [6.07, 6.45) is -0.818. The van der Waals surface area contributed by atoms with Crippen molar-refractivity contribution in [3.63, 3.8) is 0 Å². The molecule has 106 valence electrons. The van der Waals surface area contributed by atoms with Gasteiger partial charge in [-0.2, -0.15) is 18.3 Å². The van der Waals surface area contributed by atoms with Crippen molar-refractivity contribution in [3.05, 3.63) is 41.9 Å². The average molecular weight is 282 g/mol. The fourth-order valence-corrected chi connectivity index (χ4v) is 1.83. The summed E-state index contributed by atoms with van der Waals surface area (Å²) < 4.78 is 38.7. The Bertz CT molecular complexity index is 602. The first-order chi connectivity index (χ1) is 9.52.